The Bertz CT molecular complexity index is 576. The molecule has 0 aromatic carbocycles. The third-order valence-corrected chi connectivity index (χ3v) is 3.31. The molecule has 1 amide bonds. The van der Waals surface area contributed by atoms with E-state index in [0.29, 0.717) is 25.6 Å². The van der Waals surface area contributed by atoms with Crippen molar-refractivity contribution < 1.29 is 9.72 Å². The van der Waals surface area contributed by atoms with E-state index in [-0.39, 0.29) is 29.7 Å². The van der Waals surface area contributed by atoms with Gasteiger partial charge in [-0.15, -0.1) is 0 Å². The van der Waals surface area contributed by atoms with Gasteiger partial charge in [-0.2, -0.15) is 4.98 Å². The molecule has 114 valence electrons. The number of nitrogens with zero attached hydrogens (tertiary/aromatic N) is 5. The van der Waals surface area contributed by atoms with Crippen LogP contribution in [0.15, 0.2) is 0 Å². The Labute approximate surface area is 122 Å². The molecule has 1 N–H and O–H groups in total. The van der Waals surface area contributed by atoms with Crippen molar-refractivity contribution in [3.05, 3.63) is 15.8 Å². The van der Waals surface area contributed by atoms with E-state index in [1.807, 2.05) is 6.92 Å². The first-order valence-corrected chi connectivity index (χ1v) is 6.69. The van der Waals surface area contributed by atoms with Crippen molar-refractivity contribution in [3.63, 3.8) is 0 Å². The van der Waals surface area contributed by atoms with Gasteiger partial charge < -0.3 is 15.1 Å². The van der Waals surface area contributed by atoms with Crippen LogP contribution in [0.5, 0.6) is 0 Å². The van der Waals surface area contributed by atoms with Crippen LogP contribution in [0.3, 0.4) is 0 Å². The molecule has 0 bridgehead atoms. The van der Waals surface area contributed by atoms with E-state index in [1.165, 1.54) is 0 Å². The summed E-state index contributed by atoms with van der Waals surface area (Å²) in [5.41, 5.74) is 0.140. The summed E-state index contributed by atoms with van der Waals surface area (Å²) < 4.78 is 0. The van der Waals surface area contributed by atoms with Gasteiger partial charge in [0.05, 0.1) is 11.5 Å². The molecule has 0 saturated carbocycles. The highest BCUT2D eigenvalue weighted by atomic mass is 16.6. The number of carbonyl (C=O) groups is 1. The molecule has 0 atom stereocenters. The predicted molar refractivity (Wildman–Crippen MR) is 77.4 cm³/mol. The molecular weight excluding hydrogens is 276 g/mol. The Kier molecular flexibility index (Phi) is 4.20. The molecule has 2 rings (SSSR count). The van der Waals surface area contributed by atoms with Gasteiger partial charge in [0.15, 0.2) is 0 Å². The van der Waals surface area contributed by atoms with Crippen molar-refractivity contribution in [2.75, 3.05) is 43.4 Å². The van der Waals surface area contributed by atoms with Crippen molar-refractivity contribution in [2.24, 2.45) is 0 Å². The van der Waals surface area contributed by atoms with Crippen molar-refractivity contribution >= 4 is 23.4 Å². The molecule has 0 unspecified atom stereocenters. The van der Waals surface area contributed by atoms with Crippen LogP contribution < -0.4 is 10.2 Å². The van der Waals surface area contributed by atoms with Crippen molar-refractivity contribution in [2.45, 2.75) is 13.8 Å². The van der Waals surface area contributed by atoms with Crippen LogP contribution in [-0.2, 0) is 4.79 Å². The quantitative estimate of drug-likeness (QED) is 0.633. The lowest BCUT2D eigenvalue weighted by Crippen LogP contribution is -2.49. The minimum Gasteiger partial charge on any atom is -0.354 e. The molecule has 0 radical (unpaired) electrons. The number of piperazine rings is 1. The largest absolute Gasteiger partial charge is 0.354 e. The van der Waals surface area contributed by atoms with Gasteiger partial charge >= 0.3 is 5.69 Å². The van der Waals surface area contributed by atoms with Crippen molar-refractivity contribution in [1.82, 2.24) is 14.9 Å². The van der Waals surface area contributed by atoms with Crippen molar-refractivity contribution in [3.8, 4) is 0 Å². The Morgan fingerprint density at radius 3 is 2.67 bits per heavy atom. The van der Waals surface area contributed by atoms with Gasteiger partial charge in [-0.1, -0.05) is 0 Å². The summed E-state index contributed by atoms with van der Waals surface area (Å²) in [7, 11) is 1.71. The average molecular weight is 294 g/mol. The number of rotatable bonds is 4. The molecule has 9 nitrogen and oxygen atoms in total. The Balaban J connectivity index is 2.44. The second kappa shape index (κ2) is 5.90. The van der Waals surface area contributed by atoms with Gasteiger partial charge in [0, 0.05) is 26.7 Å². The van der Waals surface area contributed by atoms with Crippen LogP contribution in [0.4, 0.5) is 17.5 Å². The fourth-order valence-corrected chi connectivity index (χ4v) is 2.16. The number of aryl methyl sites for hydroxylation is 1. The fraction of sp³-hybridized carbons (Fsp3) is 0.583. The monoisotopic (exact) mass is 294 g/mol. The summed E-state index contributed by atoms with van der Waals surface area (Å²) in [5, 5.41) is 14.2. The minimum atomic E-state index is -0.497. The lowest BCUT2D eigenvalue weighted by atomic mass is 10.2. The first-order valence-electron chi connectivity index (χ1n) is 6.69. The van der Waals surface area contributed by atoms with E-state index in [1.54, 1.807) is 23.8 Å². The van der Waals surface area contributed by atoms with E-state index in [9.17, 15) is 14.9 Å². The first kappa shape index (κ1) is 14.9. The minimum absolute atomic E-state index is 0.0827. The Morgan fingerprint density at radius 1 is 1.38 bits per heavy atom. The van der Waals surface area contributed by atoms with Crippen LogP contribution in [0.25, 0.3) is 0 Å². The molecule has 1 aliphatic rings. The summed E-state index contributed by atoms with van der Waals surface area (Å²) in [4.78, 5) is 34.1. The number of anilines is 2. The zero-order valence-corrected chi connectivity index (χ0v) is 12.3. The molecular formula is C12H18N6O3. The summed E-state index contributed by atoms with van der Waals surface area (Å²) in [6, 6.07) is 0. The number of hydrogen-bond acceptors (Lipinski definition) is 7. The van der Waals surface area contributed by atoms with Crippen LogP contribution >= 0.6 is 0 Å². The SMILES string of the molecule is CCNc1nc(C)c([N+](=O)[O-])c(N2CCN(C)C(=O)C2)n1. The molecule has 1 aromatic heterocycles. The maximum absolute atomic E-state index is 11.8. The maximum Gasteiger partial charge on any atom is 0.332 e. The average Bonchev–Trinajstić information content (AvgIpc) is 2.41. The van der Waals surface area contributed by atoms with E-state index in [4.69, 9.17) is 0 Å². The summed E-state index contributed by atoms with van der Waals surface area (Å²) in [6.45, 7) is 5.17. The van der Waals surface area contributed by atoms with Crippen LogP contribution in [0.2, 0.25) is 0 Å². The molecule has 1 saturated heterocycles. The zero-order chi connectivity index (χ0) is 15.6. The molecule has 21 heavy (non-hydrogen) atoms. The van der Waals surface area contributed by atoms with Gasteiger partial charge in [-0.25, -0.2) is 4.98 Å². The number of hydrogen-bond donors (Lipinski definition) is 1. The molecule has 1 aromatic rings. The van der Waals surface area contributed by atoms with Crippen LogP contribution in [0.1, 0.15) is 12.6 Å². The maximum atomic E-state index is 11.8. The lowest BCUT2D eigenvalue weighted by molar-refractivity contribution is -0.385. The van der Waals surface area contributed by atoms with Gasteiger partial charge in [0.2, 0.25) is 17.7 Å². The van der Waals surface area contributed by atoms with Gasteiger partial charge in [-0.3, -0.25) is 14.9 Å². The third-order valence-electron chi connectivity index (χ3n) is 3.31. The molecule has 9 heteroatoms. The predicted octanol–water partition coefficient (Wildman–Crippen LogP) is 0.403. The highest BCUT2D eigenvalue weighted by Gasteiger charge is 2.30. The Hall–Kier alpha value is -2.45. The van der Waals surface area contributed by atoms with Gasteiger partial charge in [0.1, 0.15) is 5.69 Å². The number of nitro groups is 1. The van der Waals surface area contributed by atoms with Crippen LogP contribution in [-0.4, -0.2) is 58.9 Å². The molecule has 1 fully saturated rings. The second-order valence-corrected chi connectivity index (χ2v) is 4.83. The first-order chi connectivity index (χ1) is 9.93. The standard InChI is InChI=1S/C12H18N6O3/c1-4-13-12-14-8(2)10(18(20)21)11(15-12)17-6-5-16(3)9(19)7-17/h4-7H2,1-3H3,(H,13,14,15). The normalized spacial score (nSPS) is 15.3. The van der Waals surface area contributed by atoms with Gasteiger partial charge in [0.25, 0.3) is 0 Å². The topological polar surface area (TPSA) is 104 Å². The fourth-order valence-electron chi connectivity index (χ4n) is 2.16. The van der Waals surface area contributed by atoms with E-state index >= 15 is 0 Å². The zero-order valence-electron chi connectivity index (χ0n) is 12.3. The number of nitrogens with one attached hydrogen (secondary N) is 1. The molecule has 0 aliphatic carbocycles. The Morgan fingerprint density at radius 2 is 2.10 bits per heavy atom. The van der Waals surface area contributed by atoms with E-state index in [2.05, 4.69) is 15.3 Å². The number of likely N-dealkylation sites (N-methyl/N-ethyl adjacent to an activating group) is 1. The third kappa shape index (κ3) is 3.01. The van der Waals surface area contributed by atoms with E-state index in [0.717, 1.165) is 0 Å². The lowest BCUT2D eigenvalue weighted by Gasteiger charge is -2.32. The molecule has 1 aliphatic heterocycles. The highest BCUT2D eigenvalue weighted by Crippen LogP contribution is 2.30. The molecule has 0 spiro atoms. The van der Waals surface area contributed by atoms with Crippen LogP contribution in [0, 0.1) is 17.0 Å². The number of carbonyl (C=O) groups excluding carboxylic acids is 1. The van der Waals surface area contributed by atoms with E-state index < -0.39 is 4.92 Å². The van der Waals surface area contributed by atoms with Gasteiger partial charge in [-0.05, 0) is 13.8 Å². The highest BCUT2D eigenvalue weighted by molar-refractivity contribution is 5.83. The summed E-state index contributed by atoms with van der Waals surface area (Å²) >= 11 is 0. The summed E-state index contributed by atoms with van der Waals surface area (Å²) in [6.07, 6.45) is 0. The summed E-state index contributed by atoms with van der Waals surface area (Å²) in [5.74, 6) is 0.448. The second-order valence-electron chi connectivity index (χ2n) is 4.83. The smallest absolute Gasteiger partial charge is 0.332 e. The van der Waals surface area contributed by atoms with Crippen molar-refractivity contribution in [1.29, 1.82) is 0 Å². The number of aromatic nitrogens is 2. The number of amides is 1. The molecule has 2 heterocycles.